The lowest BCUT2D eigenvalue weighted by molar-refractivity contribution is -0.133. The normalized spacial score (nSPS) is 11.7. The molecule has 0 N–H and O–H groups in total. The molecule has 3 rings (SSSR count). The summed E-state index contributed by atoms with van der Waals surface area (Å²) in [5.74, 6) is -0.849. The molecular weight excluding hydrogens is 435 g/mol. The molecule has 0 unspecified atom stereocenters. The van der Waals surface area contributed by atoms with Crippen LogP contribution in [0.1, 0.15) is 5.56 Å². The van der Waals surface area contributed by atoms with Crippen LogP contribution in [-0.4, -0.2) is 64.3 Å². The zero-order chi connectivity index (χ0) is 23.1. The second-order valence-corrected chi connectivity index (χ2v) is 9.35. The number of aromatic nitrogens is 1. The van der Waals surface area contributed by atoms with Gasteiger partial charge in [0.25, 0.3) is 0 Å². The van der Waals surface area contributed by atoms with Gasteiger partial charge in [0, 0.05) is 44.4 Å². The van der Waals surface area contributed by atoms with Crippen LogP contribution in [0.15, 0.2) is 59.6 Å². The third kappa shape index (κ3) is 5.73. The minimum absolute atomic E-state index is 0.0139. The summed E-state index contributed by atoms with van der Waals surface area (Å²) < 4.78 is 51.4. The number of amides is 1. The fourth-order valence-corrected chi connectivity index (χ4v) is 5.06. The van der Waals surface area contributed by atoms with Crippen molar-refractivity contribution in [3.05, 3.63) is 66.1 Å². The Morgan fingerprint density at radius 2 is 1.62 bits per heavy atom. The van der Waals surface area contributed by atoms with Gasteiger partial charge in [0.15, 0.2) is 9.84 Å². The van der Waals surface area contributed by atoms with E-state index in [2.05, 4.69) is 0 Å². The summed E-state index contributed by atoms with van der Waals surface area (Å²) in [5, 5.41) is 0.544. The molecular formula is C23H27FN2O5S. The molecule has 0 aliphatic carbocycles. The van der Waals surface area contributed by atoms with Crippen molar-refractivity contribution in [2.45, 2.75) is 17.2 Å². The molecule has 0 radical (unpaired) electrons. The molecule has 0 saturated heterocycles. The van der Waals surface area contributed by atoms with Crippen LogP contribution >= 0.6 is 0 Å². The largest absolute Gasteiger partial charge is 0.383 e. The van der Waals surface area contributed by atoms with E-state index in [1.54, 1.807) is 48.0 Å². The first-order chi connectivity index (χ1) is 15.4. The lowest BCUT2D eigenvalue weighted by Crippen LogP contribution is -2.38. The van der Waals surface area contributed by atoms with E-state index in [0.29, 0.717) is 42.8 Å². The SMILES string of the molecule is COCCN(CCOC)C(=O)Cn1cc(S(=O)(=O)Cc2ccc(F)cc2)c2ccccc21. The first-order valence-corrected chi connectivity index (χ1v) is 11.8. The number of sulfone groups is 1. The van der Waals surface area contributed by atoms with Crippen molar-refractivity contribution < 1.29 is 27.1 Å². The first kappa shape index (κ1) is 23.9. The number of hydrogen-bond donors (Lipinski definition) is 0. The van der Waals surface area contributed by atoms with Gasteiger partial charge in [-0.05, 0) is 23.8 Å². The fraction of sp³-hybridized carbons (Fsp3) is 0.348. The van der Waals surface area contributed by atoms with Crippen molar-refractivity contribution in [1.82, 2.24) is 9.47 Å². The highest BCUT2D eigenvalue weighted by molar-refractivity contribution is 7.90. The fourth-order valence-electron chi connectivity index (χ4n) is 3.48. The predicted molar refractivity (Wildman–Crippen MR) is 120 cm³/mol. The number of hydrogen-bond acceptors (Lipinski definition) is 5. The van der Waals surface area contributed by atoms with Crippen LogP contribution in [0.5, 0.6) is 0 Å². The van der Waals surface area contributed by atoms with E-state index in [1.165, 1.54) is 30.5 Å². The summed E-state index contributed by atoms with van der Waals surface area (Å²) in [4.78, 5) is 14.7. The van der Waals surface area contributed by atoms with Gasteiger partial charge >= 0.3 is 0 Å². The molecule has 0 saturated carbocycles. The second-order valence-electron chi connectivity index (χ2n) is 7.39. The van der Waals surface area contributed by atoms with E-state index in [0.717, 1.165) is 0 Å². The van der Waals surface area contributed by atoms with Crippen LogP contribution < -0.4 is 0 Å². The van der Waals surface area contributed by atoms with E-state index in [4.69, 9.17) is 9.47 Å². The Balaban J connectivity index is 1.91. The van der Waals surface area contributed by atoms with E-state index < -0.39 is 15.7 Å². The van der Waals surface area contributed by atoms with Crippen LogP contribution in [0, 0.1) is 5.82 Å². The Kier molecular flexibility index (Phi) is 8.00. The summed E-state index contributed by atoms with van der Waals surface area (Å²) in [5.41, 5.74) is 1.14. The molecule has 2 aromatic carbocycles. The molecule has 0 atom stereocenters. The van der Waals surface area contributed by atoms with Gasteiger partial charge in [-0.2, -0.15) is 0 Å². The summed E-state index contributed by atoms with van der Waals surface area (Å²) in [7, 11) is -0.592. The van der Waals surface area contributed by atoms with Crippen molar-refractivity contribution in [3.8, 4) is 0 Å². The lowest BCUT2D eigenvalue weighted by Gasteiger charge is -2.22. The molecule has 32 heavy (non-hydrogen) atoms. The van der Waals surface area contributed by atoms with Crippen LogP contribution in [0.3, 0.4) is 0 Å². The number of carbonyl (C=O) groups excluding carboxylic acids is 1. The molecule has 0 bridgehead atoms. The Labute approximate surface area is 187 Å². The van der Waals surface area contributed by atoms with Crippen molar-refractivity contribution in [2.24, 2.45) is 0 Å². The van der Waals surface area contributed by atoms with Crippen molar-refractivity contribution >= 4 is 26.6 Å². The number of rotatable bonds is 11. The zero-order valence-electron chi connectivity index (χ0n) is 18.2. The molecule has 9 heteroatoms. The number of para-hydroxylation sites is 1. The van der Waals surface area contributed by atoms with E-state index >= 15 is 0 Å². The van der Waals surface area contributed by atoms with Gasteiger partial charge in [-0.1, -0.05) is 30.3 Å². The molecule has 0 spiro atoms. The van der Waals surface area contributed by atoms with Crippen molar-refractivity contribution in [2.75, 3.05) is 40.5 Å². The van der Waals surface area contributed by atoms with E-state index in [1.807, 2.05) is 0 Å². The Bertz CT molecular complexity index is 1150. The summed E-state index contributed by atoms with van der Waals surface area (Å²) in [6, 6.07) is 12.5. The monoisotopic (exact) mass is 462 g/mol. The Hall–Kier alpha value is -2.75. The predicted octanol–water partition coefficient (Wildman–Crippen LogP) is 2.88. The zero-order valence-corrected chi connectivity index (χ0v) is 19.0. The van der Waals surface area contributed by atoms with Crippen LogP contribution in [-0.2, 0) is 36.4 Å². The number of nitrogens with zero attached hydrogens (tertiary/aromatic N) is 2. The van der Waals surface area contributed by atoms with Gasteiger partial charge in [-0.25, -0.2) is 12.8 Å². The first-order valence-electron chi connectivity index (χ1n) is 10.2. The highest BCUT2D eigenvalue weighted by atomic mass is 32.2. The molecule has 1 heterocycles. The van der Waals surface area contributed by atoms with Gasteiger partial charge in [0.05, 0.1) is 23.9 Å². The Morgan fingerprint density at radius 1 is 1.00 bits per heavy atom. The average molecular weight is 463 g/mol. The van der Waals surface area contributed by atoms with Crippen molar-refractivity contribution in [3.63, 3.8) is 0 Å². The van der Waals surface area contributed by atoms with Gasteiger partial charge in [0.1, 0.15) is 12.4 Å². The number of carbonyl (C=O) groups is 1. The molecule has 0 aliphatic rings. The maximum absolute atomic E-state index is 13.2. The number of halogens is 1. The average Bonchev–Trinajstić information content (AvgIpc) is 3.15. The maximum atomic E-state index is 13.2. The summed E-state index contributed by atoms with van der Waals surface area (Å²) in [6.07, 6.45) is 1.51. The topological polar surface area (TPSA) is 77.8 Å². The van der Waals surface area contributed by atoms with Crippen LogP contribution in [0.4, 0.5) is 4.39 Å². The molecule has 1 amide bonds. The highest BCUT2D eigenvalue weighted by Crippen LogP contribution is 2.28. The minimum Gasteiger partial charge on any atom is -0.383 e. The maximum Gasteiger partial charge on any atom is 0.242 e. The summed E-state index contributed by atoms with van der Waals surface area (Å²) >= 11 is 0. The van der Waals surface area contributed by atoms with Gasteiger partial charge in [0.2, 0.25) is 5.91 Å². The van der Waals surface area contributed by atoms with Crippen LogP contribution in [0.25, 0.3) is 10.9 Å². The molecule has 0 aliphatic heterocycles. The lowest BCUT2D eigenvalue weighted by atomic mass is 10.2. The third-order valence-corrected chi connectivity index (χ3v) is 6.85. The van der Waals surface area contributed by atoms with Gasteiger partial charge in [-0.15, -0.1) is 0 Å². The van der Waals surface area contributed by atoms with Crippen molar-refractivity contribution in [1.29, 1.82) is 0 Å². The minimum atomic E-state index is -3.72. The van der Waals surface area contributed by atoms with E-state index in [9.17, 15) is 17.6 Å². The smallest absolute Gasteiger partial charge is 0.242 e. The number of benzene rings is 2. The molecule has 1 aromatic heterocycles. The standard InChI is InChI=1S/C23H27FN2O5S/c1-30-13-11-25(12-14-31-2)23(27)16-26-15-22(20-5-3-4-6-21(20)26)32(28,29)17-18-7-9-19(24)10-8-18/h3-10,15H,11-14,16-17H2,1-2H3. The van der Waals surface area contributed by atoms with Crippen LogP contribution in [0.2, 0.25) is 0 Å². The Morgan fingerprint density at radius 3 is 2.25 bits per heavy atom. The summed E-state index contributed by atoms with van der Waals surface area (Å²) in [6.45, 7) is 1.58. The second kappa shape index (κ2) is 10.7. The van der Waals surface area contributed by atoms with Gasteiger partial charge < -0.3 is 18.9 Å². The molecule has 172 valence electrons. The van der Waals surface area contributed by atoms with Gasteiger partial charge in [-0.3, -0.25) is 4.79 Å². The quantitative estimate of drug-likeness (QED) is 0.438. The third-order valence-electron chi connectivity index (χ3n) is 5.15. The number of ether oxygens (including phenoxy) is 2. The molecule has 0 fully saturated rings. The number of methoxy groups -OCH3 is 2. The van der Waals surface area contributed by atoms with E-state index in [-0.39, 0.29) is 23.1 Å². The molecule has 7 nitrogen and oxygen atoms in total. The number of fused-ring (bicyclic) bond motifs is 1. The molecule has 3 aromatic rings. The highest BCUT2D eigenvalue weighted by Gasteiger charge is 2.23.